The van der Waals surface area contributed by atoms with E-state index in [1.54, 1.807) is 0 Å². The second-order valence-corrected chi connectivity index (χ2v) is 33.9. The van der Waals surface area contributed by atoms with E-state index >= 15 is 4.79 Å². The molecule has 612 valence electrons. The number of hydrogen-bond acceptors (Lipinski definition) is 34. The SMILES string of the molecule is C[C@@H]1O[C@H](O[C@@H]2[C@@H](O)[C@@H](O)[C@@H](OC[C@H]3O[C@H](OC(=O)[C@]45CCC(C)(C)C[C@H]4C4=CC[C@@H]6[C@@]7(C)CC[C@@H](O[C@H]8OC[C@H](O)[C@@H](O[C@@H]9O[C@@H](CO)[C@@H](OC(=O)/C=C/c%10ccc(O)cc%10)[C@H](O)[C@H]9O)[C@@H]8O[C@@H]8O[C@@H](CO)[C@@H](O)[C@H](O)[C@H]8O)C(C)(C)[C@@H]7CC[C@@]6(C)[C@]4(C)C[C@H]5O)[C@H](O)[C@H](O)[C@H]3O)O[C@@H]2CO)[C@H](O)[C@H](O)[C@H]1O. The molecule has 1 aromatic rings. The van der Waals surface area contributed by atoms with E-state index in [1.165, 1.54) is 37.3 Å². The van der Waals surface area contributed by atoms with E-state index < -0.39 is 268 Å². The highest BCUT2D eigenvalue weighted by Crippen LogP contribution is 2.76. The Labute approximate surface area is 624 Å². The molecule has 6 aliphatic heterocycles. The monoisotopic (exact) mass is 1540 g/mol. The predicted molar refractivity (Wildman–Crippen MR) is 363 cm³/mol. The lowest BCUT2D eigenvalue weighted by atomic mass is 9.33. The summed E-state index contributed by atoms with van der Waals surface area (Å²) in [6.07, 6.45) is -43.7. The number of aromatic hydroxyl groups is 1. The lowest BCUT2D eigenvalue weighted by Gasteiger charge is -2.71. The van der Waals surface area contributed by atoms with Crippen molar-refractivity contribution in [2.75, 3.05) is 33.0 Å². The molecule has 1 aromatic carbocycles. The van der Waals surface area contributed by atoms with Gasteiger partial charge in [-0.05, 0) is 133 Å². The molecule has 38 atom stereocenters. The van der Waals surface area contributed by atoms with Crippen molar-refractivity contribution in [2.45, 2.75) is 304 Å². The highest BCUT2D eigenvalue weighted by molar-refractivity contribution is 5.87. The maximum absolute atomic E-state index is 15.5. The molecule has 34 nitrogen and oxygen atoms in total. The van der Waals surface area contributed by atoms with Crippen LogP contribution in [0.5, 0.6) is 5.75 Å². The van der Waals surface area contributed by atoms with Crippen molar-refractivity contribution in [1.82, 2.24) is 0 Å². The van der Waals surface area contributed by atoms with Gasteiger partial charge in [-0.3, -0.25) is 4.79 Å². The first-order valence-electron chi connectivity index (χ1n) is 37.6. The van der Waals surface area contributed by atoms with Gasteiger partial charge in [-0.2, -0.15) is 0 Å². The minimum Gasteiger partial charge on any atom is -0.508 e. The number of phenolic OH excluding ortho intramolecular Hbond substituents is 1. The number of ether oxygens (including phenoxy) is 13. The molecule has 5 aliphatic carbocycles. The molecule has 6 saturated heterocycles. The standard InChI is InChI=1S/C74H112O34/c1-30-45(82)48(85)53(90)63(98-30)106-60-38(27-77)100-62(56(93)51(60)88)97-29-39-47(84)50(87)55(92)66(102-39)108-68(95)74-22-21-69(2,3)23-34(74)33-14-15-41-71(6)19-18-43(70(4,5)40(71)17-20-72(41,7)73(33,8)24-42(74)80)103-67-61(107-64-54(91)49(86)46(83)36(25-75)99-64)58(35(79)28-96-67)105-65-57(94)52(89)59(37(26-76)101-65)104-44(81)16-11-31-9-12-32(78)13-10-31/h9-14,16,30,34-43,45-67,75-80,82-94H,15,17-29H2,1-8H3/b16-11+/t30-,34-,35-,36-,37-,38+,39+,40-,41+,42+,43+,45-,46+,47-,48+,49-,50+,51-,52+,53+,54+,55+,56+,57+,58+,59+,60-,61-,62-,63+,64-,65-,66+,67+,71-,72+,73+,74+/m0/s1. The Morgan fingerprint density at radius 3 is 1.72 bits per heavy atom. The average Bonchev–Trinajstić information content (AvgIpc) is 0.670. The minimum absolute atomic E-state index is 0.00925. The predicted octanol–water partition coefficient (Wildman–Crippen LogP) is -3.78. The molecule has 11 aliphatic rings. The Morgan fingerprint density at radius 2 is 1.06 bits per heavy atom. The molecular weight excluding hydrogens is 1430 g/mol. The van der Waals surface area contributed by atoms with Crippen LogP contribution in [-0.2, 0) is 71.2 Å². The van der Waals surface area contributed by atoms with E-state index in [1.807, 2.05) is 0 Å². The molecule has 12 rings (SSSR count). The Bertz CT molecular complexity index is 3300. The Kier molecular flexibility index (Phi) is 24.9. The topological polar surface area (TPSA) is 539 Å². The second-order valence-electron chi connectivity index (χ2n) is 33.9. The van der Waals surface area contributed by atoms with Gasteiger partial charge in [0.2, 0.25) is 6.29 Å². The molecule has 108 heavy (non-hydrogen) atoms. The number of aliphatic hydroxyl groups excluding tert-OH is 18. The third-order valence-corrected chi connectivity index (χ3v) is 26.7. The van der Waals surface area contributed by atoms with E-state index in [0.29, 0.717) is 50.5 Å². The van der Waals surface area contributed by atoms with Crippen molar-refractivity contribution in [1.29, 1.82) is 0 Å². The van der Waals surface area contributed by atoms with Gasteiger partial charge in [0.1, 0.15) is 139 Å². The van der Waals surface area contributed by atoms with Crippen LogP contribution in [0.3, 0.4) is 0 Å². The third-order valence-electron chi connectivity index (χ3n) is 26.7. The molecule has 19 N–H and O–H groups in total. The summed E-state index contributed by atoms with van der Waals surface area (Å²) in [5, 5.41) is 210. The van der Waals surface area contributed by atoms with Crippen molar-refractivity contribution in [2.24, 2.45) is 50.2 Å². The fraction of sp³-hybridized carbons (Fsp3) is 0.838. The first-order valence-corrected chi connectivity index (χ1v) is 37.6. The first-order chi connectivity index (χ1) is 50.8. The smallest absolute Gasteiger partial charge is 0.331 e. The van der Waals surface area contributed by atoms with Crippen LogP contribution in [0.25, 0.3) is 6.08 Å². The molecule has 34 heteroatoms. The molecule has 6 heterocycles. The fourth-order valence-corrected chi connectivity index (χ4v) is 20.2. The Hall–Kier alpha value is -3.72. The number of aliphatic hydroxyl groups is 18. The van der Waals surface area contributed by atoms with E-state index in [4.69, 9.17) is 61.6 Å². The van der Waals surface area contributed by atoms with Crippen molar-refractivity contribution in [3.05, 3.63) is 47.6 Å². The first kappa shape index (κ1) is 83.7. The summed E-state index contributed by atoms with van der Waals surface area (Å²) in [5.74, 6) is -2.62. The highest BCUT2D eigenvalue weighted by Gasteiger charge is 2.73. The van der Waals surface area contributed by atoms with Crippen LogP contribution < -0.4 is 0 Å². The number of carbonyl (C=O) groups excluding carboxylic acids is 2. The molecule has 0 radical (unpaired) electrons. The lowest BCUT2D eigenvalue weighted by molar-refractivity contribution is -0.389. The molecule has 0 unspecified atom stereocenters. The zero-order chi connectivity index (χ0) is 78.6. The maximum atomic E-state index is 15.5. The summed E-state index contributed by atoms with van der Waals surface area (Å²) < 4.78 is 78.2. The fourth-order valence-electron chi connectivity index (χ4n) is 20.2. The molecule has 0 spiro atoms. The maximum Gasteiger partial charge on any atom is 0.331 e. The van der Waals surface area contributed by atoms with Gasteiger partial charge in [-0.15, -0.1) is 0 Å². The normalized spacial score (nSPS) is 50.1. The van der Waals surface area contributed by atoms with Gasteiger partial charge in [0.25, 0.3) is 0 Å². The van der Waals surface area contributed by atoms with Gasteiger partial charge in [0.05, 0.1) is 51.3 Å². The van der Waals surface area contributed by atoms with Gasteiger partial charge in [-0.1, -0.05) is 72.2 Å². The molecular formula is C74H112O34. The summed E-state index contributed by atoms with van der Waals surface area (Å²) in [5.41, 5.74) is -2.84. The van der Waals surface area contributed by atoms with E-state index in [9.17, 15) is 102 Å². The van der Waals surface area contributed by atoms with Crippen molar-refractivity contribution < 1.29 is 168 Å². The highest BCUT2D eigenvalue weighted by atomic mass is 16.8. The summed E-state index contributed by atoms with van der Waals surface area (Å²) in [6, 6.07) is 5.84. The van der Waals surface area contributed by atoms with Crippen LogP contribution in [0.4, 0.5) is 0 Å². The average molecular weight is 1550 g/mol. The zero-order valence-electron chi connectivity index (χ0n) is 61.7. The third kappa shape index (κ3) is 15.0. The van der Waals surface area contributed by atoms with E-state index in [-0.39, 0.29) is 35.8 Å². The van der Waals surface area contributed by atoms with Crippen molar-refractivity contribution >= 4 is 18.0 Å². The number of allylic oxidation sites excluding steroid dienone is 2. The summed E-state index contributed by atoms with van der Waals surface area (Å²) >= 11 is 0. The summed E-state index contributed by atoms with van der Waals surface area (Å²) in [4.78, 5) is 28.5. The minimum atomic E-state index is -2.03. The Morgan fingerprint density at radius 1 is 0.519 bits per heavy atom. The molecule has 4 saturated carbocycles. The Balaban J connectivity index is 0.748. The number of hydrogen-bond donors (Lipinski definition) is 19. The van der Waals surface area contributed by atoms with Crippen LogP contribution in [-0.4, -0.2) is 332 Å². The van der Waals surface area contributed by atoms with Gasteiger partial charge in [0, 0.05) is 6.08 Å². The zero-order valence-corrected chi connectivity index (χ0v) is 61.7. The number of benzene rings is 1. The van der Waals surface area contributed by atoms with Crippen LogP contribution in [0, 0.1) is 50.2 Å². The molecule has 10 fully saturated rings. The molecule has 0 amide bonds. The van der Waals surface area contributed by atoms with Crippen molar-refractivity contribution in [3.8, 4) is 5.75 Å². The number of rotatable bonds is 19. The molecule has 0 bridgehead atoms. The van der Waals surface area contributed by atoms with Crippen LogP contribution >= 0.6 is 0 Å². The quantitative estimate of drug-likeness (QED) is 0.0274. The van der Waals surface area contributed by atoms with E-state index in [2.05, 4.69) is 54.5 Å². The summed E-state index contributed by atoms with van der Waals surface area (Å²) in [7, 11) is 0. The number of phenols is 1. The largest absolute Gasteiger partial charge is 0.508 e. The van der Waals surface area contributed by atoms with Gasteiger partial charge in [0.15, 0.2) is 37.6 Å². The van der Waals surface area contributed by atoms with E-state index in [0.717, 1.165) is 11.6 Å². The number of fused-ring (bicyclic) bond motifs is 7. The second kappa shape index (κ2) is 32.2. The number of esters is 2. The summed E-state index contributed by atoms with van der Waals surface area (Å²) in [6.45, 7) is 12.7. The van der Waals surface area contributed by atoms with Gasteiger partial charge in [-0.25, -0.2) is 4.79 Å². The van der Waals surface area contributed by atoms with Crippen molar-refractivity contribution in [3.63, 3.8) is 0 Å². The van der Waals surface area contributed by atoms with Crippen LogP contribution in [0.2, 0.25) is 0 Å². The van der Waals surface area contributed by atoms with Gasteiger partial charge < -0.3 is 159 Å². The van der Waals surface area contributed by atoms with Gasteiger partial charge >= 0.3 is 11.9 Å². The lowest BCUT2D eigenvalue weighted by Crippen LogP contribution is -2.68. The van der Waals surface area contributed by atoms with Crippen LogP contribution in [0.1, 0.15) is 119 Å². The van der Waals surface area contributed by atoms with Crippen LogP contribution in [0.15, 0.2) is 42.0 Å². The number of carbonyl (C=O) groups is 2. The molecule has 0 aromatic heterocycles.